The van der Waals surface area contributed by atoms with Crippen LogP contribution >= 0.6 is 22.6 Å². The molecule has 4 atom stereocenters. The first-order chi connectivity index (χ1) is 12.3. The number of benzene rings is 1. The summed E-state index contributed by atoms with van der Waals surface area (Å²) in [6, 6.07) is 10.2. The van der Waals surface area contributed by atoms with Crippen LogP contribution in [0.1, 0.15) is 52.0 Å². The number of hydrogen-bond donors (Lipinski definition) is 1. The van der Waals surface area contributed by atoms with Gasteiger partial charge < -0.3 is 14.7 Å². The standard InChI is InChI=1S/C21H30INO3/c1-21(2,3)20(25)23(13-14-7-5-4-6-8-14)18(15-9-10-15)17-12-11-16(22)19(24)26-17/h4-8,15-19,24H,9-13H2,1-3H3/t16?,17-,18+,19?/m0/s1. The fraction of sp³-hybridized carbons (Fsp3) is 0.667. The van der Waals surface area contributed by atoms with E-state index in [9.17, 15) is 9.90 Å². The van der Waals surface area contributed by atoms with Crippen LogP contribution in [0.4, 0.5) is 0 Å². The molecule has 2 aliphatic rings. The molecule has 2 unspecified atom stereocenters. The molecule has 1 amide bonds. The smallest absolute Gasteiger partial charge is 0.228 e. The molecule has 1 aromatic carbocycles. The topological polar surface area (TPSA) is 49.8 Å². The number of aliphatic hydroxyl groups is 1. The summed E-state index contributed by atoms with van der Waals surface area (Å²) in [5, 5.41) is 10.2. The third-order valence-electron chi connectivity index (χ3n) is 5.29. The Morgan fingerprint density at radius 1 is 1.23 bits per heavy atom. The molecular weight excluding hydrogens is 441 g/mol. The number of carbonyl (C=O) groups is 1. The highest BCUT2D eigenvalue weighted by Gasteiger charge is 2.46. The Labute approximate surface area is 170 Å². The van der Waals surface area contributed by atoms with Crippen LogP contribution in [0.15, 0.2) is 30.3 Å². The minimum atomic E-state index is -0.737. The van der Waals surface area contributed by atoms with E-state index in [1.54, 1.807) is 0 Å². The summed E-state index contributed by atoms with van der Waals surface area (Å²) in [6.07, 6.45) is 3.28. The summed E-state index contributed by atoms with van der Waals surface area (Å²) in [5.41, 5.74) is 0.694. The molecule has 26 heavy (non-hydrogen) atoms. The summed E-state index contributed by atoms with van der Waals surface area (Å²) in [5.74, 6) is 0.640. The van der Waals surface area contributed by atoms with E-state index in [0.717, 1.165) is 31.2 Å². The minimum absolute atomic E-state index is 0.0421. The molecule has 1 aliphatic carbocycles. The van der Waals surface area contributed by atoms with Gasteiger partial charge in [0.15, 0.2) is 6.29 Å². The van der Waals surface area contributed by atoms with E-state index in [1.165, 1.54) is 0 Å². The number of ether oxygens (including phenoxy) is 1. The second kappa shape index (κ2) is 8.15. The molecule has 1 saturated carbocycles. The molecule has 0 spiro atoms. The summed E-state index contributed by atoms with van der Waals surface area (Å²) in [4.78, 5) is 15.4. The number of halogens is 1. The Morgan fingerprint density at radius 2 is 1.88 bits per heavy atom. The van der Waals surface area contributed by atoms with Crippen molar-refractivity contribution in [2.45, 2.75) is 75.4 Å². The van der Waals surface area contributed by atoms with Gasteiger partial charge in [0.1, 0.15) is 0 Å². The first kappa shape index (κ1) is 20.1. The lowest BCUT2D eigenvalue weighted by Crippen LogP contribution is -2.54. The van der Waals surface area contributed by atoms with Crippen molar-refractivity contribution in [3.63, 3.8) is 0 Å². The van der Waals surface area contributed by atoms with Gasteiger partial charge in [-0.2, -0.15) is 0 Å². The SMILES string of the molecule is CC(C)(C)C(=O)N(Cc1ccccc1)[C@H](C1CC1)[C@@H]1CCC(I)C(O)O1. The van der Waals surface area contributed by atoms with Gasteiger partial charge in [0.05, 0.1) is 16.1 Å². The van der Waals surface area contributed by atoms with E-state index in [1.807, 2.05) is 43.9 Å². The molecular formula is C21H30INO3. The number of aliphatic hydroxyl groups excluding tert-OH is 1. The molecule has 0 bridgehead atoms. The second-order valence-corrected chi connectivity index (χ2v) is 10.3. The molecule has 5 heteroatoms. The van der Waals surface area contributed by atoms with Crippen molar-refractivity contribution in [2.75, 3.05) is 0 Å². The molecule has 0 radical (unpaired) electrons. The Kier molecular flexibility index (Phi) is 6.29. The zero-order valence-corrected chi connectivity index (χ0v) is 18.1. The zero-order chi connectivity index (χ0) is 18.9. The predicted molar refractivity (Wildman–Crippen MR) is 111 cm³/mol. The minimum Gasteiger partial charge on any atom is -0.367 e. The van der Waals surface area contributed by atoms with E-state index >= 15 is 0 Å². The zero-order valence-electron chi connectivity index (χ0n) is 15.9. The van der Waals surface area contributed by atoms with Crippen LogP contribution in [0.3, 0.4) is 0 Å². The maximum Gasteiger partial charge on any atom is 0.228 e. The molecule has 0 aromatic heterocycles. The van der Waals surface area contributed by atoms with Gasteiger partial charge in [-0.3, -0.25) is 4.79 Å². The fourth-order valence-corrected chi connectivity index (χ4v) is 4.30. The molecule has 2 fully saturated rings. The summed E-state index contributed by atoms with van der Waals surface area (Å²) < 4.78 is 6.13. The highest BCUT2D eigenvalue weighted by Crippen LogP contribution is 2.42. The van der Waals surface area contributed by atoms with Crippen LogP contribution in [-0.4, -0.2) is 38.3 Å². The van der Waals surface area contributed by atoms with Gasteiger partial charge in [-0.05, 0) is 37.2 Å². The largest absolute Gasteiger partial charge is 0.367 e. The predicted octanol–water partition coefficient (Wildman–Crippen LogP) is 4.14. The number of rotatable bonds is 5. The van der Waals surface area contributed by atoms with Crippen LogP contribution in [0.5, 0.6) is 0 Å². The van der Waals surface area contributed by atoms with Crippen LogP contribution in [-0.2, 0) is 16.1 Å². The number of carbonyl (C=O) groups excluding carboxylic acids is 1. The average Bonchev–Trinajstić information content (AvgIpc) is 3.42. The van der Waals surface area contributed by atoms with Crippen LogP contribution in [0, 0.1) is 11.3 Å². The summed E-state index contributed by atoms with van der Waals surface area (Å²) >= 11 is 2.26. The van der Waals surface area contributed by atoms with Crippen molar-refractivity contribution in [3.8, 4) is 0 Å². The third-order valence-corrected chi connectivity index (χ3v) is 6.53. The number of alkyl halides is 1. The Morgan fingerprint density at radius 3 is 2.42 bits per heavy atom. The molecule has 1 aromatic rings. The van der Waals surface area contributed by atoms with Gasteiger partial charge in [0, 0.05) is 12.0 Å². The van der Waals surface area contributed by atoms with Gasteiger partial charge in [-0.15, -0.1) is 0 Å². The van der Waals surface area contributed by atoms with E-state index in [4.69, 9.17) is 4.74 Å². The first-order valence-electron chi connectivity index (χ1n) is 9.60. The number of hydrogen-bond acceptors (Lipinski definition) is 3. The number of nitrogens with zero attached hydrogens (tertiary/aromatic N) is 1. The van der Waals surface area contributed by atoms with E-state index in [-0.39, 0.29) is 22.0 Å². The average molecular weight is 471 g/mol. The van der Waals surface area contributed by atoms with Crippen LogP contribution in [0.25, 0.3) is 0 Å². The monoisotopic (exact) mass is 471 g/mol. The first-order valence-corrected chi connectivity index (χ1v) is 10.8. The van der Waals surface area contributed by atoms with Gasteiger partial charge in [-0.25, -0.2) is 0 Å². The van der Waals surface area contributed by atoms with E-state index in [0.29, 0.717) is 12.5 Å². The van der Waals surface area contributed by atoms with Crippen LogP contribution in [0.2, 0.25) is 0 Å². The lowest BCUT2D eigenvalue weighted by atomic mass is 9.90. The summed E-state index contributed by atoms with van der Waals surface area (Å²) in [6.45, 7) is 6.54. The highest BCUT2D eigenvalue weighted by atomic mass is 127. The number of amides is 1. The lowest BCUT2D eigenvalue weighted by molar-refractivity contribution is -0.184. The van der Waals surface area contributed by atoms with Gasteiger partial charge in [-0.1, -0.05) is 73.7 Å². The second-order valence-electron chi connectivity index (χ2n) is 8.66. The molecule has 3 rings (SSSR count). The third kappa shape index (κ3) is 4.78. The van der Waals surface area contributed by atoms with Crippen molar-refractivity contribution in [3.05, 3.63) is 35.9 Å². The quantitative estimate of drug-likeness (QED) is 0.519. The normalized spacial score (nSPS) is 27.8. The Balaban J connectivity index is 1.88. The van der Waals surface area contributed by atoms with E-state index < -0.39 is 11.7 Å². The molecule has 144 valence electrons. The van der Waals surface area contributed by atoms with Crippen molar-refractivity contribution in [1.29, 1.82) is 0 Å². The van der Waals surface area contributed by atoms with Crippen molar-refractivity contribution < 1.29 is 14.6 Å². The van der Waals surface area contributed by atoms with Crippen molar-refractivity contribution in [1.82, 2.24) is 4.90 Å². The molecule has 1 heterocycles. The summed E-state index contributed by atoms with van der Waals surface area (Å²) in [7, 11) is 0. The van der Waals surface area contributed by atoms with E-state index in [2.05, 4.69) is 34.7 Å². The maximum absolute atomic E-state index is 13.3. The van der Waals surface area contributed by atoms with Crippen LogP contribution < -0.4 is 0 Å². The van der Waals surface area contributed by atoms with Gasteiger partial charge in [0.2, 0.25) is 5.91 Å². The van der Waals surface area contributed by atoms with Gasteiger partial charge in [0.25, 0.3) is 0 Å². The Bertz CT molecular complexity index is 611. The Hall–Kier alpha value is -0.660. The lowest BCUT2D eigenvalue weighted by Gasteiger charge is -2.43. The molecule has 1 aliphatic heterocycles. The highest BCUT2D eigenvalue weighted by molar-refractivity contribution is 14.1. The van der Waals surface area contributed by atoms with Crippen molar-refractivity contribution in [2.24, 2.45) is 11.3 Å². The molecule has 1 N–H and O–H groups in total. The van der Waals surface area contributed by atoms with Gasteiger partial charge >= 0.3 is 0 Å². The fourth-order valence-electron chi connectivity index (χ4n) is 3.77. The van der Waals surface area contributed by atoms with Crippen molar-refractivity contribution >= 4 is 28.5 Å². The molecule has 4 nitrogen and oxygen atoms in total. The molecule has 1 saturated heterocycles. The maximum atomic E-state index is 13.3.